The van der Waals surface area contributed by atoms with E-state index >= 15 is 0 Å². The molecule has 1 amide bonds. The number of fused-ring (bicyclic) bond motifs is 1. The van der Waals surface area contributed by atoms with Gasteiger partial charge >= 0.3 is 0 Å². The molecular formula is C24H28N4O. The second kappa shape index (κ2) is 8.60. The van der Waals surface area contributed by atoms with Gasteiger partial charge in [-0.25, -0.2) is 9.97 Å². The molecule has 0 unspecified atom stereocenters. The first-order valence-electron chi connectivity index (χ1n) is 10.5. The largest absolute Gasteiger partial charge is 0.356 e. The molecule has 2 heterocycles. The first kappa shape index (κ1) is 19.4. The number of carbonyl (C=O) groups excluding carboxylic acids is 1. The molecule has 1 atom stereocenters. The van der Waals surface area contributed by atoms with Crippen molar-refractivity contribution in [2.45, 2.75) is 32.6 Å². The number of hydrogen-bond acceptors (Lipinski definition) is 4. The monoisotopic (exact) mass is 388 g/mol. The van der Waals surface area contributed by atoms with Crippen molar-refractivity contribution in [1.82, 2.24) is 15.3 Å². The second-order valence-corrected chi connectivity index (χ2v) is 8.08. The Labute approximate surface area is 172 Å². The maximum absolute atomic E-state index is 12.9. The Kier molecular flexibility index (Phi) is 5.74. The highest BCUT2D eigenvalue weighted by molar-refractivity contribution is 5.96. The average Bonchev–Trinajstić information content (AvgIpc) is 2.77. The maximum Gasteiger partial charge on any atom is 0.289 e. The van der Waals surface area contributed by atoms with Gasteiger partial charge in [-0.2, -0.15) is 0 Å². The molecule has 0 bridgehead atoms. The number of anilines is 1. The smallest absolute Gasteiger partial charge is 0.289 e. The van der Waals surface area contributed by atoms with Crippen LogP contribution >= 0.6 is 0 Å². The van der Waals surface area contributed by atoms with E-state index in [1.165, 1.54) is 5.56 Å². The Morgan fingerprint density at radius 1 is 1.07 bits per heavy atom. The molecule has 0 spiro atoms. The molecule has 29 heavy (non-hydrogen) atoms. The SMILES string of the molecule is CC1CCN(c2nc(C(=O)NC[C@H](C)c3ccccc3)nc3ccccc23)CC1. The zero-order valence-electron chi connectivity index (χ0n) is 17.1. The fraction of sp³-hybridized carbons (Fsp3) is 0.375. The van der Waals surface area contributed by atoms with Crippen LogP contribution in [0.25, 0.3) is 10.9 Å². The highest BCUT2D eigenvalue weighted by atomic mass is 16.2. The van der Waals surface area contributed by atoms with Crippen molar-refractivity contribution in [2.75, 3.05) is 24.5 Å². The van der Waals surface area contributed by atoms with E-state index in [4.69, 9.17) is 4.98 Å². The van der Waals surface area contributed by atoms with E-state index in [0.717, 1.165) is 48.6 Å². The van der Waals surface area contributed by atoms with E-state index in [1.54, 1.807) is 0 Å². The number of rotatable bonds is 5. The lowest BCUT2D eigenvalue weighted by molar-refractivity contribution is 0.0941. The first-order valence-corrected chi connectivity index (χ1v) is 10.5. The predicted molar refractivity (Wildman–Crippen MR) is 117 cm³/mol. The van der Waals surface area contributed by atoms with E-state index in [-0.39, 0.29) is 17.6 Å². The molecule has 150 valence electrons. The summed E-state index contributed by atoms with van der Waals surface area (Å²) >= 11 is 0. The summed E-state index contributed by atoms with van der Waals surface area (Å²) in [6.07, 6.45) is 2.29. The van der Waals surface area contributed by atoms with Gasteiger partial charge in [-0.05, 0) is 42.4 Å². The van der Waals surface area contributed by atoms with Crippen LogP contribution in [-0.2, 0) is 0 Å². The minimum atomic E-state index is -0.217. The van der Waals surface area contributed by atoms with Gasteiger partial charge in [0.05, 0.1) is 5.52 Å². The molecule has 2 aromatic carbocycles. The van der Waals surface area contributed by atoms with Crippen molar-refractivity contribution in [1.29, 1.82) is 0 Å². The number of nitrogens with one attached hydrogen (secondary N) is 1. The maximum atomic E-state index is 12.9. The van der Waals surface area contributed by atoms with Crippen LogP contribution in [0.2, 0.25) is 0 Å². The van der Waals surface area contributed by atoms with Crippen LogP contribution in [0.15, 0.2) is 54.6 Å². The summed E-state index contributed by atoms with van der Waals surface area (Å²) in [4.78, 5) is 24.4. The highest BCUT2D eigenvalue weighted by Crippen LogP contribution is 2.28. The van der Waals surface area contributed by atoms with E-state index in [0.29, 0.717) is 6.54 Å². The van der Waals surface area contributed by atoms with E-state index in [1.807, 2.05) is 42.5 Å². The number of piperidine rings is 1. The summed E-state index contributed by atoms with van der Waals surface area (Å²) in [6.45, 7) is 6.89. The van der Waals surface area contributed by atoms with Gasteiger partial charge in [-0.1, -0.05) is 56.3 Å². The molecule has 1 aliphatic heterocycles. The number of para-hydroxylation sites is 1. The van der Waals surface area contributed by atoms with Crippen molar-refractivity contribution in [3.8, 4) is 0 Å². The fourth-order valence-corrected chi connectivity index (χ4v) is 3.85. The Balaban J connectivity index is 1.56. The molecule has 1 N–H and O–H groups in total. The van der Waals surface area contributed by atoms with Crippen molar-refractivity contribution in [3.63, 3.8) is 0 Å². The third-order valence-electron chi connectivity index (χ3n) is 5.81. The molecule has 5 heteroatoms. The Morgan fingerprint density at radius 2 is 1.76 bits per heavy atom. The van der Waals surface area contributed by atoms with Gasteiger partial charge in [0.2, 0.25) is 5.82 Å². The molecule has 0 aliphatic carbocycles. The molecule has 1 saturated heterocycles. The van der Waals surface area contributed by atoms with Crippen LogP contribution in [0.3, 0.4) is 0 Å². The summed E-state index contributed by atoms with van der Waals surface area (Å²) in [5.74, 6) is 1.87. The molecule has 1 aliphatic rings. The summed E-state index contributed by atoms with van der Waals surface area (Å²) < 4.78 is 0. The minimum absolute atomic E-state index is 0.217. The molecule has 5 nitrogen and oxygen atoms in total. The van der Waals surface area contributed by atoms with Crippen molar-refractivity contribution >= 4 is 22.6 Å². The van der Waals surface area contributed by atoms with E-state index in [9.17, 15) is 4.79 Å². The van der Waals surface area contributed by atoms with Crippen LogP contribution < -0.4 is 10.2 Å². The Bertz CT molecular complexity index is 981. The van der Waals surface area contributed by atoms with Gasteiger partial charge in [0.1, 0.15) is 5.82 Å². The van der Waals surface area contributed by atoms with Gasteiger partial charge in [-0.3, -0.25) is 4.79 Å². The van der Waals surface area contributed by atoms with Crippen molar-refractivity contribution in [3.05, 3.63) is 66.0 Å². The molecular weight excluding hydrogens is 360 g/mol. The lowest BCUT2D eigenvalue weighted by atomic mass is 9.99. The normalized spacial score (nSPS) is 16.0. The van der Waals surface area contributed by atoms with E-state index in [2.05, 4.69) is 41.2 Å². The zero-order chi connectivity index (χ0) is 20.2. The third kappa shape index (κ3) is 4.39. The number of amides is 1. The van der Waals surface area contributed by atoms with Gasteiger partial charge in [-0.15, -0.1) is 0 Å². The second-order valence-electron chi connectivity index (χ2n) is 8.08. The van der Waals surface area contributed by atoms with Crippen LogP contribution in [0.4, 0.5) is 5.82 Å². The highest BCUT2D eigenvalue weighted by Gasteiger charge is 2.22. The van der Waals surface area contributed by atoms with Crippen LogP contribution in [0, 0.1) is 5.92 Å². The standard InChI is InChI=1S/C24H28N4O/c1-17-12-14-28(15-13-17)23-20-10-6-7-11-21(20)26-22(27-23)24(29)25-16-18(2)19-8-4-3-5-9-19/h3-11,17-18H,12-16H2,1-2H3,(H,25,29)/t18-/m0/s1. The third-order valence-corrected chi connectivity index (χ3v) is 5.81. The Morgan fingerprint density at radius 3 is 2.52 bits per heavy atom. The Hall–Kier alpha value is -2.95. The molecule has 0 saturated carbocycles. The number of benzene rings is 2. The van der Waals surface area contributed by atoms with Crippen molar-refractivity contribution < 1.29 is 4.79 Å². The number of aromatic nitrogens is 2. The quantitative estimate of drug-likeness (QED) is 0.704. The van der Waals surface area contributed by atoms with Gasteiger partial charge in [0, 0.05) is 25.0 Å². The topological polar surface area (TPSA) is 58.1 Å². The molecule has 1 aromatic heterocycles. The average molecular weight is 389 g/mol. The summed E-state index contributed by atoms with van der Waals surface area (Å²) in [7, 11) is 0. The molecule has 0 radical (unpaired) electrons. The van der Waals surface area contributed by atoms with Crippen LogP contribution in [-0.4, -0.2) is 35.5 Å². The van der Waals surface area contributed by atoms with E-state index < -0.39 is 0 Å². The zero-order valence-corrected chi connectivity index (χ0v) is 17.1. The lowest BCUT2D eigenvalue weighted by Gasteiger charge is -2.32. The molecule has 4 rings (SSSR count). The van der Waals surface area contributed by atoms with Crippen LogP contribution in [0.5, 0.6) is 0 Å². The van der Waals surface area contributed by atoms with Gasteiger partial charge in [0.25, 0.3) is 5.91 Å². The number of nitrogens with zero attached hydrogens (tertiary/aromatic N) is 3. The number of hydrogen-bond donors (Lipinski definition) is 1. The minimum Gasteiger partial charge on any atom is -0.356 e. The number of carbonyl (C=O) groups is 1. The summed E-state index contributed by atoms with van der Waals surface area (Å²) in [5.41, 5.74) is 2.02. The van der Waals surface area contributed by atoms with Gasteiger partial charge < -0.3 is 10.2 Å². The van der Waals surface area contributed by atoms with Crippen molar-refractivity contribution in [2.24, 2.45) is 5.92 Å². The van der Waals surface area contributed by atoms with Crippen LogP contribution in [0.1, 0.15) is 48.8 Å². The molecule has 1 fully saturated rings. The van der Waals surface area contributed by atoms with Gasteiger partial charge in [0.15, 0.2) is 0 Å². The summed E-state index contributed by atoms with van der Waals surface area (Å²) in [6, 6.07) is 18.2. The fourth-order valence-electron chi connectivity index (χ4n) is 3.85. The predicted octanol–water partition coefficient (Wildman–Crippen LogP) is 4.40. The molecule has 3 aromatic rings. The summed E-state index contributed by atoms with van der Waals surface area (Å²) in [5, 5.41) is 4.03. The lowest BCUT2D eigenvalue weighted by Crippen LogP contribution is -2.35. The first-order chi connectivity index (χ1) is 14.1.